The van der Waals surface area contributed by atoms with Crippen LogP contribution in [0.4, 0.5) is 13.2 Å². The number of halogens is 3. The average molecular weight is 454 g/mol. The summed E-state index contributed by atoms with van der Waals surface area (Å²) in [5, 5.41) is 16.6. The van der Waals surface area contributed by atoms with Gasteiger partial charge in [0, 0.05) is 12.6 Å². The van der Waals surface area contributed by atoms with Gasteiger partial charge in [0.15, 0.2) is 0 Å². The van der Waals surface area contributed by atoms with Crippen molar-refractivity contribution in [3.8, 4) is 0 Å². The molecule has 1 aliphatic rings. The highest BCUT2D eigenvalue weighted by molar-refractivity contribution is 7.88. The number of hydrogen-bond donors (Lipinski definition) is 2. The number of aliphatic carboxylic acids is 2. The molecule has 0 bridgehead atoms. The number of rotatable bonds is 5. The normalized spacial score (nSPS) is 20.4. The van der Waals surface area contributed by atoms with Gasteiger partial charge in [-0.1, -0.05) is 29.8 Å². The number of benzene rings is 1. The Morgan fingerprint density at radius 2 is 1.67 bits per heavy atom. The molecule has 0 spiro atoms. The SMILES string of the molecule is Cc1ccc(CS(=O)(=O)N2CCC(N(C)C)CC2C(=O)O)cc1.O=C(O)C(F)(F)F. The maximum Gasteiger partial charge on any atom is 0.490 e. The third-order valence-corrected chi connectivity index (χ3v) is 6.46. The van der Waals surface area contributed by atoms with E-state index in [-0.39, 0.29) is 18.3 Å². The fraction of sp³-hybridized carbons (Fsp3) is 0.556. The van der Waals surface area contributed by atoms with Gasteiger partial charge < -0.3 is 15.1 Å². The van der Waals surface area contributed by atoms with Crippen molar-refractivity contribution in [2.75, 3.05) is 20.6 Å². The third kappa shape index (κ3) is 7.58. The van der Waals surface area contributed by atoms with Crippen molar-refractivity contribution in [3.63, 3.8) is 0 Å². The lowest BCUT2D eigenvalue weighted by Gasteiger charge is -2.38. The molecular weight excluding hydrogens is 429 g/mol. The first-order valence-corrected chi connectivity index (χ1v) is 10.5. The standard InChI is InChI=1S/C16H24N2O4S.C2HF3O2/c1-12-4-6-13(7-5-12)11-23(21,22)18-9-8-14(17(2)3)10-15(18)16(19)20;3-2(4,5)1(6)7/h4-7,14-15H,8-11H2,1-3H3,(H,19,20);(H,6,7). The molecule has 1 fully saturated rings. The van der Waals surface area contributed by atoms with Crippen molar-refractivity contribution in [2.45, 2.75) is 43.8 Å². The van der Waals surface area contributed by atoms with E-state index in [4.69, 9.17) is 9.90 Å². The Labute approximate surface area is 172 Å². The molecule has 0 aliphatic carbocycles. The lowest BCUT2D eigenvalue weighted by atomic mass is 9.99. The molecule has 2 unspecified atom stereocenters. The van der Waals surface area contributed by atoms with E-state index in [0.29, 0.717) is 18.4 Å². The molecule has 1 aromatic rings. The number of nitrogens with zero attached hydrogens (tertiary/aromatic N) is 2. The number of piperidine rings is 1. The van der Waals surface area contributed by atoms with Gasteiger partial charge in [0.1, 0.15) is 6.04 Å². The number of aryl methyl sites for hydroxylation is 1. The van der Waals surface area contributed by atoms with E-state index in [2.05, 4.69) is 0 Å². The minimum absolute atomic E-state index is 0.0851. The minimum atomic E-state index is -5.08. The second-order valence-electron chi connectivity index (χ2n) is 7.15. The Kier molecular flexibility index (Phi) is 8.81. The smallest absolute Gasteiger partial charge is 0.480 e. The lowest BCUT2D eigenvalue weighted by Crippen LogP contribution is -2.54. The van der Waals surface area contributed by atoms with Crippen LogP contribution in [0.3, 0.4) is 0 Å². The molecule has 2 N–H and O–H groups in total. The van der Waals surface area contributed by atoms with Crippen LogP contribution in [0.25, 0.3) is 0 Å². The predicted molar refractivity (Wildman–Crippen MR) is 102 cm³/mol. The molecule has 1 aromatic carbocycles. The van der Waals surface area contributed by atoms with Crippen molar-refractivity contribution in [3.05, 3.63) is 35.4 Å². The first kappa shape index (κ1) is 25.9. The molecule has 0 aromatic heterocycles. The summed E-state index contributed by atoms with van der Waals surface area (Å²) in [5.74, 6) is -4.00. The highest BCUT2D eigenvalue weighted by Crippen LogP contribution is 2.25. The van der Waals surface area contributed by atoms with Crippen LogP contribution in [-0.4, -0.2) is 78.7 Å². The van der Waals surface area contributed by atoms with Crippen molar-refractivity contribution in [2.24, 2.45) is 0 Å². The van der Waals surface area contributed by atoms with Gasteiger partial charge in [0.25, 0.3) is 0 Å². The van der Waals surface area contributed by atoms with Gasteiger partial charge in [-0.3, -0.25) is 4.79 Å². The van der Waals surface area contributed by atoms with Crippen LogP contribution < -0.4 is 0 Å². The highest BCUT2D eigenvalue weighted by atomic mass is 32.2. The van der Waals surface area contributed by atoms with Gasteiger partial charge in [-0.05, 0) is 39.4 Å². The molecule has 1 saturated heterocycles. The predicted octanol–water partition coefficient (Wildman–Crippen LogP) is 1.94. The molecule has 2 rings (SSSR count). The molecule has 2 atom stereocenters. The zero-order valence-corrected chi connectivity index (χ0v) is 17.6. The fourth-order valence-electron chi connectivity index (χ4n) is 2.93. The van der Waals surface area contributed by atoms with Crippen LogP contribution in [0.15, 0.2) is 24.3 Å². The van der Waals surface area contributed by atoms with E-state index in [0.717, 1.165) is 9.87 Å². The molecular formula is C18H25F3N2O6S. The van der Waals surface area contributed by atoms with Crippen LogP contribution in [0.1, 0.15) is 24.0 Å². The molecule has 1 aliphatic heterocycles. The average Bonchev–Trinajstić information content (AvgIpc) is 2.62. The van der Waals surface area contributed by atoms with Gasteiger partial charge in [-0.2, -0.15) is 17.5 Å². The maximum atomic E-state index is 12.7. The highest BCUT2D eigenvalue weighted by Gasteiger charge is 2.40. The number of alkyl halides is 3. The minimum Gasteiger partial charge on any atom is -0.480 e. The number of carbonyl (C=O) groups is 2. The fourth-order valence-corrected chi connectivity index (χ4v) is 4.66. The van der Waals surface area contributed by atoms with Crippen LogP contribution in [0.5, 0.6) is 0 Å². The first-order chi connectivity index (χ1) is 13.6. The number of carboxylic acid groups (broad SMARTS) is 2. The summed E-state index contributed by atoms with van der Waals surface area (Å²) in [6, 6.07) is 6.36. The second-order valence-corrected chi connectivity index (χ2v) is 9.07. The van der Waals surface area contributed by atoms with E-state index < -0.39 is 34.2 Å². The summed E-state index contributed by atoms with van der Waals surface area (Å²) >= 11 is 0. The Bertz CT molecular complexity index is 840. The van der Waals surface area contributed by atoms with E-state index >= 15 is 0 Å². The summed E-state index contributed by atoms with van der Waals surface area (Å²) in [5.41, 5.74) is 1.73. The van der Waals surface area contributed by atoms with E-state index in [9.17, 15) is 31.5 Å². The van der Waals surface area contributed by atoms with Crippen LogP contribution in [0.2, 0.25) is 0 Å². The third-order valence-electron chi connectivity index (χ3n) is 4.61. The van der Waals surface area contributed by atoms with Crippen LogP contribution in [0, 0.1) is 6.92 Å². The Balaban J connectivity index is 0.000000553. The summed E-state index contributed by atoms with van der Waals surface area (Å²) < 4.78 is 58.3. The molecule has 0 amide bonds. The molecule has 0 saturated carbocycles. The largest absolute Gasteiger partial charge is 0.490 e. The monoisotopic (exact) mass is 454 g/mol. The van der Waals surface area contributed by atoms with E-state index in [1.807, 2.05) is 38.1 Å². The molecule has 30 heavy (non-hydrogen) atoms. The van der Waals surface area contributed by atoms with Crippen molar-refractivity contribution < 1.29 is 41.4 Å². The summed E-state index contributed by atoms with van der Waals surface area (Å²) in [7, 11) is 0.119. The van der Waals surface area contributed by atoms with Gasteiger partial charge in [-0.25, -0.2) is 13.2 Å². The molecule has 0 radical (unpaired) electrons. The Morgan fingerprint density at radius 1 is 1.17 bits per heavy atom. The lowest BCUT2D eigenvalue weighted by molar-refractivity contribution is -0.192. The Morgan fingerprint density at radius 3 is 2.07 bits per heavy atom. The summed E-state index contributed by atoms with van der Waals surface area (Å²) in [4.78, 5) is 22.4. The zero-order valence-electron chi connectivity index (χ0n) is 16.8. The zero-order chi connectivity index (χ0) is 23.3. The molecule has 170 valence electrons. The van der Waals surface area contributed by atoms with Crippen molar-refractivity contribution in [1.29, 1.82) is 0 Å². The van der Waals surface area contributed by atoms with Crippen molar-refractivity contribution >= 4 is 22.0 Å². The summed E-state index contributed by atoms with van der Waals surface area (Å²) in [6.07, 6.45) is -4.13. The second kappa shape index (κ2) is 10.2. The van der Waals surface area contributed by atoms with Gasteiger partial charge >= 0.3 is 18.1 Å². The molecule has 8 nitrogen and oxygen atoms in total. The molecule has 12 heteroatoms. The van der Waals surface area contributed by atoms with E-state index in [1.165, 1.54) is 0 Å². The Hall–Kier alpha value is -2.18. The van der Waals surface area contributed by atoms with Gasteiger partial charge in [0.2, 0.25) is 10.0 Å². The quantitative estimate of drug-likeness (QED) is 0.699. The van der Waals surface area contributed by atoms with Gasteiger partial charge in [-0.15, -0.1) is 0 Å². The van der Waals surface area contributed by atoms with Crippen LogP contribution >= 0.6 is 0 Å². The first-order valence-electron chi connectivity index (χ1n) is 8.89. The van der Waals surface area contributed by atoms with Crippen molar-refractivity contribution in [1.82, 2.24) is 9.21 Å². The number of carboxylic acids is 2. The number of sulfonamides is 1. The maximum absolute atomic E-state index is 12.7. The topological polar surface area (TPSA) is 115 Å². The van der Waals surface area contributed by atoms with E-state index in [1.54, 1.807) is 12.1 Å². The van der Waals surface area contributed by atoms with Crippen LogP contribution in [-0.2, 0) is 25.4 Å². The number of hydrogen-bond acceptors (Lipinski definition) is 5. The summed E-state index contributed by atoms with van der Waals surface area (Å²) in [6.45, 7) is 2.18. The van der Waals surface area contributed by atoms with Gasteiger partial charge in [0.05, 0.1) is 5.75 Å². The molecule has 1 heterocycles.